The molecule has 48 valence electrons. The smallest absolute Gasteiger partial charge is 0.138 e. The van der Waals surface area contributed by atoms with E-state index < -0.39 is 5.67 Å². The molecule has 0 aromatic rings. The Kier molecular flexibility index (Phi) is 2.69. The Bertz CT molecular complexity index is 78.6. The van der Waals surface area contributed by atoms with Gasteiger partial charge in [0.2, 0.25) is 0 Å². The lowest BCUT2D eigenvalue weighted by atomic mass is 10.1. The molecule has 0 radical (unpaired) electrons. The van der Waals surface area contributed by atoms with Crippen LogP contribution in [0.3, 0.4) is 0 Å². The highest BCUT2D eigenvalue weighted by Crippen LogP contribution is 2.07. The molecule has 0 aliphatic heterocycles. The average Bonchev–Trinajstić information content (AvgIpc) is 1.67. The van der Waals surface area contributed by atoms with Gasteiger partial charge < -0.3 is 5.32 Å². The Balaban J connectivity index is 3.53. The summed E-state index contributed by atoms with van der Waals surface area (Å²) in [7, 11) is 1.71. The molecule has 1 unspecified atom stereocenters. The minimum Gasteiger partial charge on any atom is -0.316 e. The van der Waals surface area contributed by atoms with Crippen LogP contribution >= 0.6 is 0 Å². The first-order chi connectivity index (χ1) is 3.62. The fraction of sp³-hybridized carbons (Fsp3) is 0.667. The quantitative estimate of drug-likeness (QED) is 0.546. The van der Waals surface area contributed by atoms with Crippen molar-refractivity contribution >= 4 is 0 Å². The molecule has 0 saturated heterocycles. The summed E-state index contributed by atoms with van der Waals surface area (Å²) in [6.07, 6.45) is 1.30. The zero-order chi connectivity index (χ0) is 6.62. The monoisotopic (exact) mass is 117 g/mol. The average molecular weight is 117 g/mol. The summed E-state index contributed by atoms with van der Waals surface area (Å²) in [5, 5.41) is 2.71. The molecule has 0 heterocycles. The van der Waals surface area contributed by atoms with Crippen molar-refractivity contribution < 1.29 is 4.39 Å². The molecule has 0 aliphatic rings. The largest absolute Gasteiger partial charge is 0.316 e. The van der Waals surface area contributed by atoms with E-state index >= 15 is 0 Å². The molecule has 0 aromatic heterocycles. The molecular weight excluding hydrogens is 105 g/mol. The molecule has 0 rings (SSSR count). The fourth-order valence-electron chi connectivity index (χ4n) is 0.418. The van der Waals surface area contributed by atoms with Crippen molar-refractivity contribution in [3.63, 3.8) is 0 Å². The van der Waals surface area contributed by atoms with Crippen LogP contribution in [0.5, 0.6) is 0 Å². The molecule has 0 spiro atoms. The van der Waals surface area contributed by atoms with E-state index in [2.05, 4.69) is 11.9 Å². The lowest BCUT2D eigenvalue weighted by Gasteiger charge is -2.12. The van der Waals surface area contributed by atoms with Crippen LogP contribution in [-0.4, -0.2) is 19.3 Å². The number of hydrogen-bond donors (Lipinski definition) is 1. The minimum atomic E-state index is -1.26. The molecule has 2 heteroatoms. The van der Waals surface area contributed by atoms with Crippen LogP contribution in [0.4, 0.5) is 4.39 Å². The van der Waals surface area contributed by atoms with Gasteiger partial charge in [-0.05, 0) is 14.0 Å². The fourth-order valence-corrected chi connectivity index (χ4v) is 0.418. The van der Waals surface area contributed by atoms with Gasteiger partial charge in [-0.3, -0.25) is 0 Å². The highest BCUT2D eigenvalue weighted by atomic mass is 19.1. The molecule has 1 N–H and O–H groups in total. The SMILES string of the molecule is C=CC(C)(F)CNC. The first-order valence-corrected chi connectivity index (χ1v) is 2.59. The van der Waals surface area contributed by atoms with Crippen molar-refractivity contribution in [2.75, 3.05) is 13.6 Å². The molecule has 0 amide bonds. The molecule has 0 fully saturated rings. The van der Waals surface area contributed by atoms with Crippen LogP contribution in [-0.2, 0) is 0 Å². The second-order valence-corrected chi connectivity index (χ2v) is 2.01. The molecule has 0 aromatic carbocycles. The predicted molar refractivity (Wildman–Crippen MR) is 33.6 cm³/mol. The van der Waals surface area contributed by atoms with E-state index in [0.717, 1.165) is 0 Å². The Morgan fingerprint density at radius 1 is 1.88 bits per heavy atom. The van der Waals surface area contributed by atoms with Gasteiger partial charge >= 0.3 is 0 Å². The van der Waals surface area contributed by atoms with Gasteiger partial charge in [-0.25, -0.2) is 4.39 Å². The third-order valence-electron chi connectivity index (χ3n) is 0.948. The van der Waals surface area contributed by atoms with Crippen molar-refractivity contribution in [3.8, 4) is 0 Å². The molecule has 0 bridgehead atoms. The minimum absolute atomic E-state index is 0.330. The lowest BCUT2D eigenvalue weighted by Crippen LogP contribution is -2.29. The zero-order valence-electron chi connectivity index (χ0n) is 5.37. The second kappa shape index (κ2) is 2.82. The van der Waals surface area contributed by atoms with Crippen LogP contribution < -0.4 is 5.32 Å². The molecule has 8 heavy (non-hydrogen) atoms. The first-order valence-electron chi connectivity index (χ1n) is 2.59. The number of hydrogen-bond acceptors (Lipinski definition) is 1. The number of nitrogens with one attached hydrogen (secondary N) is 1. The van der Waals surface area contributed by atoms with Crippen molar-refractivity contribution in [3.05, 3.63) is 12.7 Å². The van der Waals surface area contributed by atoms with E-state index in [1.165, 1.54) is 13.0 Å². The van der Waals surface area contributed by atoms with Gasteiger partial charge in [0, 0.05) is 6.54 Å². The highest BCUT2D eigenvalue weighted by Gasteiger charge is 2.15. The maximum Gasteiger partial charge on any atom is 0.138 e. The molecule has 1 atom stereocenters. The third-order valence-corrected chi connectivity index (χ3v) is 0.948. The maximum absolute atomic E-state index is 12.6. The van der Waals surface area contributed by atoms with E-state index in [1.807, 2.05) is 0 Å². The Hall–Kier alpha value is -0.370. The van der Waals surface area contributed by atoms with Crippen molar-refractivity contribution in [2.24, 2.45) is 0 Å². The van der Waals surface area contributed by atoms with E-state index in [-0.39, 0.29) is 0 Å². The van der Waals surface area contributed by atoms with E-state index in [0.29, 0.717) is 6.54 Å². The van der Waals surface area contributed by atoms with Gasteiger partial charge in [0.05, 0.1) is 0 Å². The van der Waals surface area contributed by atoms with Crippen LogP contribution in [0.15, 0.2) is 12.7 Å². The Morgan fingerprint density at radius 3 is 2.50 bits per heavy atom. The van der Waals surface area contributed by atoms with Crippen LogP contribution in [0.25, 0.3) is 0 Å². The van der Waals surface area contributed by atoms with Crippen molar-refractivity contribution in [2.45, 2.75) is 12.6 Å². The van der Waals surface area contributed by atoms with Gasteiger partial charge in [0.1, 0.15) is 5.67 Å². The molecule has 0 saturated carbocycles. The summed E-state index contributed by atoms with van der Waals surface area (Å²) in [6.45, 7) is 5.15. The normalized spacial score (nSPS) is 17.4. The van der Waals surface area contributed by atoms with E-state index in [9.17, 15) is 4.39 Å². The number of rotatable bonds is 3. The number of alkyl halides is 1. The van der Waals surface area contributed by atoms with Gasteiger partial charge in [-0.1, -0.05) is 12.7 Å². The van der Waals surface area contributed by atoms with Crippen LogP contribution in [0.2, 0.25) is 0 Å². The molecule has 1 nitrogen and oxygen atoms in total. The number of halogens is 1. The van der Waals surface area contributed by atoms with Gasteiger partial charge in [-0.15, -0.1) is 0 Å². The predicted octanol–water partition coefficient (Wildman–Crippen LogP) is 1.12. The van der Waals surface area contributed by atoms with E-state index in [1.54, 1.807) is 7.05 Å². The highest BCUT2D eigenvalue weighted by molar-refractivity contribution is 4.93. The summed E-state index contributed by atoms with van der Waals surface area (Å²) in [5.41, 5.74) is -1.26. The van der Waals surface area contributed by atoms with Gasteiger partial charge in [0.25, 0.3) is 0 Å². The molecule has 0 aliphatic carbocycles. The standard InChI is InChI=1S/C6H12FN/c1-4-6(2,7)5-8-3/h4,8H,1,5H2,2-3H3. The first kappa shape index (κ1) is 7.63. The summed E-state index contributed by atoms with van der Waals surface area (Å²) in [4.78, 5) is 0. The molecular formula is C6H12FN. The second-order valence-electron chi connectivity index (χ2n) is 2.01. The van der Waals surface area contributed by atoms with Crippen LogP contribution in [0.1, 0.15) is 6.92 Å². The maximum atomic E-state index is 12.6. The Labute approximate surface area is 49.6 Å². The summed E-state index contributed by atoms with van der Waals surface area (Å²) >= 11 is 0. The topological polar surface area (TPSA) is 12.0 Å². The Morgan fingerprint density at radius 2 is 2.38 bits per heavy atom. The van der Waals surface area contributed by atoms with Crippen LogP contribution in [0, 0.1) is 0 Å². The van der Waals surface area contributed by atoms with Gasteiger partial charge in [-0.2, -0.15) is 0 Å². The summed E-state index contributed by atoms with van der Waals surface area (Å²) in [6, 6.07) is 0. The zero-order valence-corrected chi connectivity index (χ0v) is 5.37. The van der Waals surface area contributed by atoms with Gasteiger partial charge in [0.15, 0.2) is 0 Å². The lowest BCUT2D eigenvalue weighted by molar-refractivity contribution is 0.254. The third kappa shape index (κ3) is 2.75. The van der Waals surface area contributed by atoms with E-state index in [4.69, 9.17) is 0 Å². The summed E-state index contributed by atoms with van der Waals surface area (Å²) in [5.74, 6) is 0. The van der Waals surface area contributed by atoms with Crippen molar-refractivity contribution in [1.82, 2.24) is 5.32 Å². The van der Waals surface area contributed by atoms with Crippen molar-refractivity contribution in [1.29, 1.82) is 0 Å². The summed E-state index contributed by atoms with van der Waals surface area (Å²) < 4.78 is 12.6.